The molecule has 2 aromatic heterocycles. The van der Waals surface area contributed by atoms with E-state index in [-0.39, 0.29) is 109 Å². The van der Waals surface area contributed by atoms with Crippen LogP contribution in [0.1, 0.15) is 102 Å². The van der Waals surface area contributed by atoms with Gasteiger partial charge < -0.3 is 93.8 Å². The lowest BCUT2D eigenvalue weighted by Crippen LogP contribution is -2.69. The Morgan fingerprint density at radius 1 is 0.941 bits per heavy atom. The van der Waals surface area contributed by atoms with Gasteiger partial charge in [-0.3, -0.25) is 39.1 Å². The number of nitrogens with zero attached hydrogens (tertiary/aromatic N) is 3. The van der Waals surface area contributed by atoms with E-state index in [4.69, 9.17) is 52.1 Å². The number of fused-ring (bicyclic) bond motifs is 1. The predicted octanol–water partition coefficient (Wildman–Crippen LogP) is -2.20. The van der Waals surface area contributed by atoms with E-state index in [1.165, 1.54) is 18.3 Å². The number of rotatable bonds is 20. The second-order valence-corrected chi connectivity index (χ2v) is 22.6. The zero-order chi connectivity index (χ0) is 62.4. The van der Waals surface area contributed by atoms with Crippen LogP contribution in [0.4, 0.5) is 11.6 Å². The number of benzene rings is 1. The normalized spacial score (nSPS) is 30.4. The molecule has 20 N–H and O–H groups in total. The topological polar surface area (TPSA) is 496 Å². The first-order valence-corrected chi connectivity index (χ1v) is 28.4. The number of aliphatic carboxylic acids is 2. The van der Waals surface area contributed by atoms with E-state index in [0.717, 1.165) is 6.42 Å². The third kappa shape index (κ3) is 18.4. The molecule has 470 valence electrons. The highest BCUT2D eigenvalue weighted by Gasteiger charge is 2.51. The largest absolute Gasteiger partial charge is 0.481 e. The molecule has 0 spiro atoms. The van der Waals surface area contributed by atoms with Crippen LogP contribution in [0.25, 0.3) is 11.2 Å². The number of aromatic amines is 1. The van der Waals surface area contributed by atoms with Gasteiger partial charge >= 0.3 is 11.9 Å². The smallest absolute Gasteiger partial charge is 0.326 e. The van der Waals surface area contributed by atoms with E-state index in [1.54, 1.807) is 26.1 Å². The molecule has 0 bridgehead atoms. The van der Waals surface area contributed by atoms with E-state index in [0.29, 0.717) is 55.3 Å². The first-order chi connectivity index (χ1) is 40.2. The molecular weight excluding hydrogens is 1110 g/mol. The van der Waals surface area contributed by atoms with Crippen molar-refractivity contribution in [3.05, 3.63) is 63.9 Å². The fourth-order valence-electron chi connectivity index (χ4n) is 11.2. The number of carboxylic acid groups (broad SMARTS) is 2. The molecule has 5 heterocycles. The molecule has 5 aliphatic rings. The Morgan fingerprint density at radius 2 is 1.62 bits per heavy atom. The molecule has 1 aromatic carbocycles. The summed E-state index contributed by atoms with van der Waals surface area (Å²) in [6.45, 7) is 8.54. The predicted molar refractivity (Wildman–Crippen MR) is 304 cm³/mol. The zero-order valence-corrected chi connectivity index (χ0v) is 48.2. The highest BCUT2D eigenvalue weighted by molar-refractivity contribution is 5.98. The molecule has 3 aromatic rings. The van der Waals surface area contributed by atoms with Crippen molar-refractivity contribution in [1.82, 2.24) is 41.2 Å². The van der Waals surface area contributed by atoms with Gasteiger partial charge in [0, 0.05) is 54.4 Å². The van der Waals surface area contributed by atoms with Gasteiger partial charge in [0.05, 0.1) is 49.8 Å². The molecular formula is C55H83N13O17. The number of carbonyl (C=O) groups excluding carboxylic acids is 4. The summed E-state index contributed by atoms with van der Waals surface area (Å²) in [7, 11) is 1.64. The van der Waals surface area contributed by atoms with Crippen molar-refractivity contribution in [3.63, 3.8) is 0 Å². The summed E-state index contributed by atoms with van der Waals surface area (Å²) in [6, 6.07) is 2.91. The number of aromatic nitrogens is 4. The number of H-pyrrole nitrogens is 1. The Balaban J connectivity index is 0.000000211. The summed E-state index contributed by atoms with van der Waals surface area (Å²) < 4.78 is 23.6. The number of ether oxygens (including phenoxy) is 4. The summed E-state index contributed by atoms with van der Waals surface area (Å²) in [4.78, 5) is 95.4. The molecule has 0 radical (unpaired) electrons. The molecule has 30 nitrogen and oxygen atoms in total. The number of nitrogens with two attached hydrogens (primary N) is 4. The number of nitrogens with one attached hydrogen (secondary N) is 6. The first-order valence-electron chi connectivity index (χ1n) is 28.4. The van der Waals surface area contributed by atoms with Crippen LogP contribution in [0.3, 0.4) is 0 Å². The van der Waals surface area contributed by atoms with Crippen LogP contribution in [0, 0.1) is 23.7 Å². The number of imide groups is 1. The van der Waals surface area contributed by atoms with Gasteiger partial charge in [-0.05, 0) is 101 Å². The second-order valence-electron chi connectivity index (χ2n) is 22.6. The number of amides is 3. The lowest BCUT2D eigenvalue weighted by molar-refractivity contribution is -0.304. The number of piperidine rings is 1. The molecule has 3 amide bonds. The first kappa shape index (κ1) is 67.4. The lowest BCUT2D eigenvalue weighted by Gasteiger charge is -2.49. The van der Waals surface area contributed by atoms with Crippen LogP contribution in [-0.2, 0) is 49.5 Å². The van der Waals surface area contributed by atoms with E-state index < -0.39 is 96.3 Å². The van der Waals surface area contributed by atoms with Gasteiger partial charge in [0.2, 0.25) is 24.1 Å². The summed E-state index contributed by atoms with van der Waals surface area (Å²) >= 11 is 0. The fourth-order valence-corrected chi connectivity index (χ4v) is 11.2. The van der Waals surface area contributed by atoms with Crippen molar-refractivity contribution in [3.8, 4) is 0 Å². The molecule has 16 atom stereocenters. The van der Waals surface area contributed by atoms with Gasteiger partial charge in [0.25, 0.3) is 11.5 Å². The van der Waals surface area contributed by atoms with Crippen LogP contribution in [0.15, 0.2) is 47.1 Å². The quantitative estimate of drug-likeness (QED) is 0.0534. The fraction of sp³-hybridized carbons (Fsp3) is 0.636. The van der Waals surface area contributed by atoms with Crippen LogP contribution in [-0.4, -0.2) is 192 Å². The lowest BCUT2D eigenvalue weighted by atomic mass is 9.71. The van der Waals surface area contributed by atoms with Crippen LogP contribution in [0.2, 0.25) is 0 Å². The number of anilines is 2. The summed E-state index contributed by atoms with van der Waals surface area (Å²) in [5.74, 6) is -3.08. The minimum Gasteiger partial charge on any atom is -0.481 e. The maximum absolute atomic E-state index is 12.3. The number of carbonyl (C=O) groups is 6. The van der Waals surface area contributed by atoms with Crippen LogP contribution in [0.5, 0.6) is 0 Å². The third-order valence-electron chi connectivity index (χ3n) is 15.5. The van der Waals surface area contributed by atoms with Gasteiger partial charge in [-0.2, -0.15) is 4.98 Å². The number of hydrogen-bond donors (Lipinski definition) is 16. The van der Waals surface area contributed by atoms with Gasteiger partial charge in [-0.1, -0.05) is 20.8 Å². The van der Waals surface area contributed by atoms with Crippen LogP contribution >= 0.6 is 0 Å². The molecule has 85 heavy (non-hydrogen) atoms. The van der Waals surface area contributed by atoms with Crippen molar-refractivity contribution in [1.29, 1.82) is 0 Å². The maximum atomic E-state index is 12.3. The summed E-state index contributed by atoms with van der Waals surface area (Å²) in [5.41, 5.74) is 23.4. The van der Waals surface area contributed by atoms with E-state index in [9.17, 15) is 54.0 Å². The Bertz CT molecular complexity index is 2870. The number of nitrogen functional groups attached to an aromatic ring is 1. The molecule has 2 unspecified atom stereocenters. The molecule has 2 aliphatic carbocycles. The number of ketones is 1. The van der Waals surface area contributed by atoms with Gasteiger partial charge in [-0.15, -0.1) is 0 Å². The van der Waals surface area contributed by atoms with Gasteiger partial charge in [0.1, 0.15) is 47.6 Å². The Morgan fingerprint density at radius 3 is 2.26 bits per heavy atom. The molecule has 30 heteroatoms. The average Bonchev–Trinajstić information content (AvgIpc) is 2.90. The monoisotopic (exact) mass is 1200 g/mol. The number of hydrogen-bond acceptors (Lipinski definition) is 25. The molecule has 2 saturated carbocycles. The number of likely N-dealkylation sites (N-methyl/N-ethyl adjacent to an activating group) is 2. The Labute approximate surface area is 489 Å². The van der Waals surface area contributed by atoms with Gasteiger partial charge in [0.15, 0.2) is 17.5 Å². The molecule has 3 aliphatic heterocycles. The number of carboxylic acids is 2. The van der Waals surface area contributed by atoms with Crippen LogP contribution < -0.4 is 55.1 Å². The van der Waals surface area contributed by atoms with Crippen molar-refractivity contribution < 1.29 is 78.4 Å². The number of Topliss-reactive ketones (excluding diaryl/α,β-unsaturated/α-hetero) is 1. The second kappa shape index (κ2) is 30.6. The Hall–Kier alpha value is -6.68. The maximum Gasteiger partial charge on any atom is 0.326 e. The SMILES string of the molecule is CCN[C@@H]1C[C@H](N)[C@@H](OC2OC(CN)=CCC2N)[C@H](O)[C@H]1O[C@H]1OC[C@](C)(O)[C@H](NC)[C@H]1O.C[C@@H]1C[C@@H]([C@H](O)CC2CC(=O)NC(=O)C2)C(=O)[C@@H](C)C1.Nc1nc2ncc(CNc3ccc(C(=O)N[C@@H](CCC(=O)O)C(=O)O)cc3)nc2c(=O)[nH]1. The summed E-state index contributed by atoms with van der Waals surface area (Å²) in [5, 5.41) is 74.6. The number of aliphatic hydroxyl groups excluding tert-OH is 3. The van der Waals surface area contributed by atoms with Gasteiger partial charge in [-0.25, -0.2) is 14.8 Å². The summed E-state index contributed by atoms with van der Waals surface area (Å²) in [6.07, 6.45) is -0.492. The van der Waals surface area contributed by atoms with Crippen molar-refractivity contribution in [2.75, 3.05) is 37.8 Å². The highest BCUT2D eigenvalue weighted by atomic mass is 16.7. The van der Waals surface area contributed by atoms with Crippen molar-refractivity contribution in [2.45, 2.75) is 171 Å². The number of aliphatic hydroxyl groups is 4. The molecule has 4 fully saturated rings. The highest BCUT2D eigenvalue weighted by Crippen LogP contribution is 2.36. The standard InChI is InChI=1S/C21H41N5O7.C19H19N7O6.C15H23NO4/c1-4-26-13-7-12(24)16(32-19-11(23)6-5-10(8-22)31-19)14(27)17(13)33-20-15(28)18(25-3)21(2,29)9-30-20;20-19-25-15-14(17(30)26-19)23-11(8-22-15)7-21-10-3-1-9(2-4-10)16(29)24-12(18(31)32)5-6-13(27)28;1-8-3-9(2)15(20)11(4-8)12(17)5-10-6-13(18)16-14(19)7-10/h5,11-20,25-29H,4,6-9,22-24H2,1-3H3;1-4,8,12,21H,5-7H2,(H,24,29)(H,27,28)(H,31,32)(H3,20,22,25,26,30);8-12,17H,3-7H2,1-2H3,(H,16,18,19)/t11?,12-,13+,14-,15+,16+,17-,18+,19?,20+,21-;12-;8-,9-,11-,12+/m000/s1. The molecule has 8 rings (SSSR count). The Kier molecular flexibility index (Phi) is 24.3. The van der Waals surface area contributed by atoms with E-state index in [1.807, 2.05) is 19.9 Å². The third-order valence-corrected chi connectivity index (χ3v) is 15.5. The van der Waals surface area contributed by atoms with Crippen molar-refractivity contribution in [2.24, 2.45) is 40.9 Å². The minimum absolute atomic E-state index is 0.00492. The average molecular weight is 1200 g/mol. The van der Waals surface area contributed by atoms with Crippen molar-refractivity contribution >= 4 is 58.2 Å². The van der Waals surface area contributed by atoms with E-state index >= 15 is 0 Å². The molecule has 2 saturated heterocycles. The van der Waals surface area contributed by atoms with E-state index in [2.05, 4.69) is 53.4 Å². The zero-order valence-electron chi connectivity index (χ0n) is 48.2. The minimum atomic E-state index is -1.31.